The Morgan fingerprint density at radius 1 is 1.17 bits per heavy atom. The van der Waals surface area contributed by atoms with Crippen molar-refractivity contribution in [3.05, 3.63) is 77.0 Å². The molecule has 1 unspecified atom stereocenters. The number of alkyl halides is 3. The predicted octanol–water partition coefficient (Wildman–Crippen LogP) is 6.94. The number of aromatic nitrogens is 2. The van der Waals surface area contributed by atoms with Crippen LogP contribution in [0.5, 0.6) is 0 Å². The lowest BCUT2D eigenvalue weighted by Crippen LogP contribution is -2.39. The second-order valence-corrected chi connectivity index (χ2v) is 10.5. The second kappa shape index (κ2) is 11.6. The van der Waals surface area contributed by atoms with Crippen LogP contribution >= 0.6 is 0 Å². The number of anilines is 1. The van der Waals surface area contributed by atoms with Gasteiger partial charge in [0.2, 0.25) is 5.89 Å². The molecule has 1 amide bonds. The number of rotatable bonds is 7. The van der Waals surface area contributed by atoms with Gasteiger partial charge in [0.15, 0.2) is 5.58 Å². The van der Waals surface area contributed by atoms with Crippen molar-refractivity contribution >= 4 is 22.8 Å². The molecule has 4 aromatic rings. The lowest BCUT2D eigenvalue weighted by atomic mass is 9.96. The highest BCUT2D eigenvalue weighted by atomic mass is 19.4. The first kappa shape index (κ1) is 28.1. The molecule has 1 aliphatic rings. The van der Waals surface area contributed by atoms with E-state index >= 15 is 0 Å². The van der Waals surface area contributed by atoms with Crippen LogP contribution in [0.3, 0.4) is 0 Å². The number of pyridine rings is 1. The monoisotopic (exact) mass is 561 g/mol. The Balaban J connectivity index is 1.17. The maximum Gasteiger partial charge on any atom is 0.417 e. The fraction of sp³-hybridized carbons (Fsp3) is 0.355. The number of benzene rings is 2. The fourth-order valence-corrected chi connectivity index (χ4v) is 5.04. The summed E-state index contributed by atoms with van der Waals surface area (Å²) >= 11 is 0. The molecule has 2 aromatic heterocycles. The van der Waals surface area contributed by atoms with E-state index < -0.39 is 11.7 Å². The van der Waals surface area contributed by atoms with Crippen LogP contribution in [0.2, 0.25) is 0 Å². The summed E-state index contributed by atoms with van der Waals surface area (Å²) in [7, 11) is 0. The number of oxazole rings is 1. The van der Waals surface area contributed by atoms with Crippen molar-refractivity contribution in [3.63, 3.8) is 0 Å². The van der Waals surface area contributed by atoms with Crippen molar-refractivity contribution < 1.29 is 22.4 Å². The number of nitrogens with zero attached hydrogens (tertiary/aromatic N) is 4. The Labute approximate surface area is 236 Å². The molecular formula is C31H30F3N5O2. The van der Waals surface area contributed by atoms with E-state index in [9.17, 15) is 23.2 Å². The molecule has 0 saturated carbocycles. The van der Waals surface area contributed by atoms with Crippen LogP contribution in [0.1, 0.15) is 66.1 Å². The van der Waals surface area contributed by atoms with E-state index in [1.165, 1.54) is 6.07 Å². The number of fused-ring (bicyclic) bond motifs is 1. The molecule has 2 aromatic carbocycles. The van der Waals surface area contributed by atoms with Gasteiger partial charge >= 0.3 is 6.18 Å². The number of carbonyl (C=O) groups is 1. The zero-order valence-corrected chi connectivity index (χ0v) is 22.8. The Bertz CT molecular complexity index is 1570. The number of carbonyl (C=O) groups excluding carboxylic acids is 1. The van der Waals surface area contributed by atoms with Gasteiger partial charge < -0.3 is 14.6 Å². The number of hydrogen-bond acceptors (Lipinski definition) is 6. The van der Waals surface area contributed by atoms with Crippen LogP contribution in [0, 0.1) is 17.2 Å². The van der Waals surface area contributed by atoms with Crippen LogP contribution in [-0.4, -0.2) is 35.5 Å². The van der Waals surface area contributed by atoms with Crippen LogP contribution in [0.25, 0.3) is 22.6 Å². The highest BCUT2D eigenvalue weighted by Crippen LogP contribution is 2.33. The molecule has 0 aliphatic carbocycles. The summed E-state index contributed by atoms with van der Waals surface area (Å²) in [5, 5.41) is 12.4. The normalized spacial score (nSPS) is 15.1. The van der Waals surface area contributed by atoms with E-state index in [0.29, 0.717) is 53.6 Å². The zero-order valence-electron chi connectivity index (χ0n) is 22.8. The number of halogens is 3. The van der Waals surface area contributed by atoms with Crippen molar-refractivity contribution in [2.75, 3.05) is 24.5 Å². The van der Waals surface area contributed by atoms with Crippen molar-refractivity contribution in [3.8, 4) is 17.5 Å². The third-order valence-corrected chi connectivity index (χ3v) is 7.75. The van der Waals surface area contributed by atoms with Crippen LogP contribution in [-0.2, 0) is 6.18 Å². The molecule has 41 heavy (non-hydrogen) atoms. The summed E-state index contributed by atoms with van der Waals surface area (Å²) in [6.45, 7) is 6.00. The minimum absolute atomic E-state index is 0.182. The van der Waals surface area contributed by atoms with Crippen molar-refractivity contribution in [2.45, 2.75) is 45.2 Å². The van der Waals surface area contributed by atoms with Gasteiger partial charge in [0.1, 0.15) is 11.3 Å². The molecule has 0 spiro atoms. The van der Waals surface area contributed by atoms with Crippen molar-refractivity contribution in [1.82, 2.24) is 15.3 Å². The van der Waals surface area contributed by atoms with E-state index in [2.05, 4.69) is 35.2 Å². The standard InChI is InChI=1S/C31H30F3N5O2/c1-3-19(2)25-14-21(16-35)15-26-28(25)41-30(38-26)23-6-4-22(5-7-23)29(40)37-17-20-10-12-39(13-11-20)27-9-8-24(18-36-27)31(32,33)34/h4-9,14-15,18-20H,3,10-13,17H2,1-2H3,(H,37,40). The molecule has 5 rings (SSSR count). The molecule has 212 valence electrons. The van der Waals surface area contributed by atoms with Gasteiger partial charge in [-0.05, 0) is 79.6 Å². The highest BCUT2D eigenvalue weighted by Gasteiger charge is 2.31. The molecule has 3 heterocycles. The molecule has 1 fully saturated rings. The third kappa shape index (κ3) is 6.19. The summed E-state index contributed by atoms with van der Waals surface area (Å²) < 4.78 is 44.5. The Morgan fingerprint density at radius 3 is 2.51 bits per heavy atom. The summed E-state index contributed by atoms with van der Waals surface area (Å²) in [5.41, 5.74) is 3.30. The molecule has 0 radical (unpaired) electrons. The lowest BCUT2D eigenvalue weighted by molar-refractivity contribution is -0.137. The Hall–Kier alpha value is -4.39. The van der Waals surface area contributed by atoms with Gasteiger partial charge in [-0.2, -0.15) is 18.4 Å². The minimum atomic E-state index is -4.40. The molecular weight excluding hydrogens is 531 g/mol. The van der Waals surface area contributed by atoms with Gasteiger partial charge in [0, 0.05) is 42.5 Å². The summed E-state index contributed by atoms with van der Waals surface area (Å²) in [4.78, 5) is 23.4. The topological polar surface area (TPSA) is 95.0 Å². The zero-order chi connectivity index (χ0) is 29.1. The fourth-order valence-electron chi connectivity index (χ4n) is 5.04. The quantitative estimate of drug-likeness (QED) is 0.263. The number of nitrogens with one attached hydrogen (secondary N) is 1. The molecule has 0 bridgehead atoms. The van der Waals surface area contributed by atoms with Crippen LogP contribution in [0.4, 0.5) is 19.0 Å². The van der Waals surface area contributed by atoms with E-state index in [4.69, 9.17) is 4.42 Å². The van der Waals surface area contributed by atoms with Crippen LogP contribution in [0.15, 0.2) is 59.1 Å². The Kier molecular flexibility index (Phi) is 7.97. The van der Waals surface area contributed by atoms with Crippen molar-refractivity contribution in [1.29, 1.82) is 5.26 Å². The average molecular weight is 562 g/mol. The Morgan fingerprint density at radius 2 is 1.90 bits per heavy atom. The van der Waals surface area contributed by atoms with Gasteiger partial charge in [-0.25, -0.2) is 9.97 Å². The summed E-state index contributed by atoms with van der Waals surface area (Å²) in [6, 6.07) is 15.3. The molecule has 7 nitrogen and oxygen atoms in total. The predicted molar refractivity (Wildman–Crippen MR) is 149 cm³/mol. The summed E-state index contributed by atoms with van der Waals surface area (Å²) in [5.74, 6) is 1.26. The number of amides is 1. The molecule has 1 atom stereocenters. The van der Waals surface area contributed by atoms with Crippen molar-refractivity contribution in [2.24, 2.45) is 5.92 Å². The van der Waals surface area contributed by atoms with E-state index in [-0.39, 0.29) is 17.7 Å². The van der Waals surface area contributed by atoms with Gasteiger partial charge in [0.05, 0.1) is 17.2 Å². The maximum atomic E-state index is 12.8. The first-order chi connectivity index (χ1) is 19.7. The lowest BCUT2D eigenvalue weighted by Gasteiger charge is -2.33. The molecule has 10 heteroatoms. The number of nitriles is 1. The smallest absolute Gasteiger partial charge is 0.417 e. The maximum absolute atomic E-state index is 12.8. The largest absolute Gasteiger partial charge is 0.436 e. The molecule has 1 saturated heterocycles. The number of hydrogen-bond donors (Lipinski definition) is 1. The summed E-state index contributed by atoms with van der Waals surface area (Å²) in [6.07, 6.45) is -1.04. The number of piperidine rings is 1. The average Bonchev–Trinajstić information content (AvgIpc) is 3.43. The van der Waals surface area contributed by atoms with Gasteiger partial charge in [-0.1, -0.05) is 13.8 Å². The van der Waals surface area contributed by atoms with Gasteiger partial charge in [-0.3, -0.25) is 4.79 Å². The third-order valence-electron chi connectivity index (χ3n) is 7.75. The van der Waals surface area contributed by atoms with E-state index in [0.717, 1.165) is 42.7 Å². The second-order valence-electron chi connectivity index (χ2n) is 10.5. The molecule has 1 aliphatic heterocycles. The first-order valence-electron chi connectivity index (χ1n) is 13.7. The SMILES string of the molecule is CCC(C)c1cc(C#N)cc2nc(-c3ccc(C(=O)NCC4CCN(c5ccc(C(F)(F)F)cn5)CC4)cc3)oc12. The molecule has 1 N–H and O–H groups in total. The van der Waals surface area contributed by atoms with Gasteiger partial charge in [-0.15, -0.1) is 0 Å². The van der Waals surface area contributed by atoms with Gasteiger partial charge in [0.25, 0.3) is 5.91 Å². The van der Waals surface area contributed by atoms with E-state index in [1.54, 1.807) is 30.3 Å². The minimum Gasteiger partial charge on any atom is -0.436 e. The highest BCUT2D eigenvalue weighted by molar-refractivity contribution is 5.94. The van der Waals surface area contributed by atoms with E-state index in [1.807, 2.05) is 11.0 Å². The first-order valence-corrected chi connectivity index (χ1v) is 13.7. The van der Waals surface area contributed by atoms with Crippen LogP contribution < -0.4 is 10.2 Å².